The van der Waals surface area contributed by atoms with Gasteiger partial charge in [-0.1, -0.05) is 56.3 Å². The zero-order valence-corrected chi connectivity index (χ0v) is 27.9. The third-order valence-electron chi connectivity index (χ3n) is 10.2. The molecule has 7 rings (SSSR count). The molecular weight excluding hydrogens is 584 g/mol. The highest BCUT2D eigenvalue weighted by molar-refractivity contribution is 6.21. The molecule has 1 aliphatic carbocycles. The van der Waals surface area contributed by atoms with Crippen molar-refractivity contribution in [1.29, 1.82) is 0 Å². The lowest BCUT2D eigenvalue weighted by Crippen LogP contribution is -2.16. The molecule has 0 radical (unpaired) electrons. The van der Waals surface area contributed by atoms with Crippen molar-refractivity contribution >= 4 is 29.2 Å². The predicted molar refractivity (Wildman–Crippen MR) is 189 cm³/mol. The third-order valence-corrected chi connectivity index (χ3v) is 10.2. The van der Waals surface area contributed by atoms with E-state index in [0.29, 0.717) is 25.0 Å². The second-order valence-electron chi connectivity index (χ2n) is 12.9. The molecule has 7 heteroatoms. The summed E-state index contributed by atoms with van der Waals surface area (Å²) >= 11 is 0. The number of carbonyl (C=O) groups is 1. The van der Waals surface area contributed by atoms with Gasteiger partial charge in [0, 0.05) is 52.8 Å². The molecule has 1 saturated heterocycles. The van der Waals surface area contributed by atoms with Crippen LogP contribution in [0.4, 0.5) is 0 Å². The molecule has 5 aliphatic heterocycles. The number of aliphatic hydroxyl groups is 1. The van der Waals surface area contributed by atoms with Gasteiger partial charge in [-0.05, 0) is 79.7 Å². The molecule has 238 valence electrons. The van der Waals surface area contributed by atoms with Crippen molar-refractivity contribution in [2.75, 3.05) is 7.11 Å². The van der Waals surface area contributed by atoms with E-state index in [-0.39, 0.29) is 17.8 Å². The Morgan fingerprint density at radius 1 is 0.979 bits per heavy atom. The van der Waals surface area contributed by atoms with Crippen LogP contribution in [0.15, 0.2) is 143 Å². The molecule has 5 heterocycles. The Kier molecular flexibility index (Phi) is 7.79. The number of hydrogen-bond donors (Lipinski definition) is 2. The summed E-state index contributed by atoms with van der Waals surface area (Å²) in [7, 11) is 1.43. The van der Waals surface area contributed by atoms with Crippen LogP contribution in [0.25, 0.3) is 6.08 Å². The lowest BCUT2D eigenvalue weighted by Gasteiger charge is -2.17. The van der Waals surface area contributed by atoms with Crippen LogP contribution in [-0.4, -0.2) is 35.3 Å². The highest BCUT2D eigenvalue weighted by Gasteiger charge is 2.41. The number of methoxy groups -OCH3 is 1. The normalized spacial score (nSPS) is 23.4. The van der Waals surface area contributed by atoms with Gasteiger partial charge in [-0.25, -0.2) is 15.0 Å². The number of rotatable bonds is 6. The molecule has 1 aromatic rings. The summed E-state index contributed by atoms with van der Waals surface area (Å²) in [6.07, 6.45) is 12.8. The first-order valence-electron chi connectivity index (χ1n) is 16.5. The van der Waals surface area contributed by atoms with Crippen molar-refractivity contribution < 1.29 is 14.6 Å². The van der Waals surface area contributed by atoms with Crippen molar-refractivity contribution in [2.24, 2.45) is 26.8 Å². The minimum absolute atomic E-state index is 0.0150. The number of esters is 1. The van der Waals surface area contributed by atoms with E-state index in [9.17, 15) is 9.90 Å². The molecule has 0 unspecified atom stereocenters. The SMILES string of the molecule is CCC1=C(C)C2=NC1=CC1=C(C)C3=C(O)CC(=C4NC(=CC5=NC(=C2)C(/C=C\c2ccccc2)=C5C)[C@@H](C)[C@@H]4CCC(=O)OC)C3=N1. The maximum Gasteiger partial charge on any atom is 0.305 e. The summed E-state index contributed by atoms with van der Waals surface area (Å²) in [5.74, 6) is 0.189. The largest absolute Gasteiger partial charge is 0.511 e. The van der Waals surface area contributed by atoms with Crippen LogP contribution in [-0.2, 0) is 9.53 Å². The smallest absolute Gasteiger partial charge is 0.305 e. The number of carbonyl (C=O) groups excluding carboxylic acids is 1. The topological polar surface area (TPSA) is 95.6 Å². The van der Waals surface area contributed by atoms with Gasteiger partial charge in [-0.2, -0.15) is 0 Å². The molecule has 2 atom stereocenters. The lowest BCUT2D eigenvalue weighted by molar-refractivity contribution is -0.140. The first-order valence-corrected chi connectivity index (χ1v) is 16.5. The van der Waals surface area contributed by atoms with E-state index in [4.69, 9.17) is 19.7 Å². The van der Waals surface area contributed by atoms with E-state index < -0.39 is 0 Å². The highest BCUT2D eigenvalue weighted by atomic mass is 16.5. The zero-order chi connectivity index (χ0) is 33.0. The van der Waals surface area contributed by atoms with Crippen molar-refractivity contribution in [3.05, 3.63) is 133 Å². The standard InChI is InChI=1S/C40H40N4O3/c1-7-26-21(2)31-19-35-27(14-13-25-11-9-8-10-12-25)22(3)30(42-35)18-32-23(4)28(15-16-37(46)47-6)39(43-32)29-17-36(45)38-24(5)33(44-40(29)38)20-34(26)41-31/h8-14,18-20,23,28,43,45H,7,15-17H2,1-6H3/b14-13-,32-18?,34-20?,35-19?,39-29?/t23-,28-/m0/s1. The average Bonchev–Trinajstić information content (AvgIpc) is 3.82. The van der Waals surface area contributed by atoms with Crippen LogP contribution in [0.5, 0.6) is 0 Å². The van der Waals surface area contributed by atoms with Gasteiger partial charge in [0.1, 0.15) is 5.76 Å². The number of aliphatic hydroxyl groups excluding tert-OH is 1. The molecule has 0 spiro atoms. The fraction of sp³-hybridized carbons (Fsp3) is 0.300. The van der Waals surface area contributed by atoms with E-state index in [1.54, 1.807) is 0 Å². The summed E-state index contributed by atoms with van der Waals surface area (Å²) in [5, 5.41) is 15.0. The number of benzene rings is 1. The van der Waals surface area contributed by atoms with E-state index in [2.05, 4.69) is 75.5 Å². The molecule has 7 nitrogen and oxygen atoms in total. The number of hydrogen-bond acceptors (Lipinski definition) is 7. The van der Waals surface area contributed by atoms with E-state index >= 15 is 0 Å². The monoisotopic (exact) mass is 624 g/mol. The fourth-order valence-corrected chi connectivity index (χ4v) is 7.45. The minimum atomic E-state index is -0.231. The Bertz CT molecular complexity index is 2000. The Labute approximate surface area is 276 Å². The number of nitrogens with one attached hydrogen (secondary N) is 1. The van der Waals surface area contributed by atoms with Crippen LogP contribution in [0.1, 0.15) is 65.9 Å². The van der Waals surface area contributed by atoms with Gasteiger partial charge in [-0.15, -0.1) is 0 Å². The van der Waals surface area contributed by atoms with Gasteiger partial charge in [0.2, 0.25) is 0 Å². The number of nitrogens with zero attached hydrogens (tertiary/aromatic N) is 3. The molecule has 0 saturated carbocycles. The molecule has 0 amide bonds. The van der Waals surface area contributed by atoms with Crippen molar-refractivity contribution in [2.45, 2.75) is 60.3 Å². The number of ether oxygens (including phenoxy) is 1. The van der Waals surface area contributed by atoms with E-state index in [1.807, 2.05) is 25.1 Å². The van der Waals surface area contributed by atoms with Gasteiger partial charge in [0.05, 0.1) is 41.3 Å². The van der Waals surface area contributed by atoms with Crippen molar-refractivity contribution in [3.63, 3.8) is 0 Å². The Morgan fingerprint density at radius 3 is 2.47 bits per heavy atom. The molecule has 6 aliphatic rings. The quantitative estimate of drug-likeness (QED) is 0.311. The second kappa shape index (κ2) is 12.0. The molecule has 1 aromatic carbocycles. The molecule has 2 N–H and O–H groups in total. The number of allylic oxidation sites excluding steroid dienone is 12. The predicted octanol–water partition coefficient (Wildman–Crippen LogP) is 8.32. The van der Waals surface area contributed by atoms with Gasteiger partial charge in [0.25, 0.3) is 0 Å². The van der Waals surface area contributed by atoms with Gasteiger partial charge < -0.3 is 15.2 Å². The Morgan fingerprint density at radius 2 is 1.72 bits per heavy atom. The van der Waals surface area contributed by atoms with Gasteiger partial charge in [0.15, 0.2) is 0 Å². The van der Waals surface area contributed by atoms with Crippen LogP contribution >= 0.6 is 0 Å². The highest BCUT2D eigenvalue weighted by Crippen LogP contribution is 2.46. The van der Waals surface area contributed by atoms with E-state index in [1.165, 1.54) is 12.7 Å². The zero-order valence-electron chi connectivity index (χ0n) is 27.9. The number of fused-ring (bicyclic) bond motifs is 5. The maximum absolute atomic E-state index is 12.3. The number of aliphatic imine (C=N–C) groups is 3. The molecule has 8 bridgehead atoms. The lowest BCUT2D eigenvalue weighted by atomic mass is 9.86. The maximum atomic E-state index is 12.3. The molecule has 47 heavy (non-hydrogen) atoms. The van der Waals surface area contributed by atoms with Gasteiger partial charge in [-0.3, -0.25) is 4.79 Å². The summed E-state index contributed by atoms with van der Waals surface area (Å²) in [5.41, 5.74) is 15.5. The second-order valence-corrected chi connectivity index (χ2v) is 12.9. The molecular formula is C40H40N4O3. The summed E-state index contributed by atoms with van der Waals surface area (Å²) in [6.45, 7) is 10.6. The first kappa shape index (κ1) is 30.6. The molecule has 1 fully saturated rings. The van der Waals surface area contributed by atoms with Crippen molar-refractivity contribution in [1.82, 2.24) is 5.32 Å². The first-order chi connectivity index (χ1) is 22.7. The van der Waals surface area contributed by atoms with Crippen LogP contribution < -0.4 is 5.32 Å². The summed E-state index contributed by atoms with van der Waals surface area (Å²) in [4.78, 5) is 27.8. The van der Waals surface area contributed by atoms with Crippen molar-refractivity contribution in [3.8, 4) is 0 Å². The third kappa shape index (κ3) is 5.24. The summed E-state index contributed by atoms with van der Waals surface area (Å²) in [6, 6.07) is 10.3. The fourth-order valence-electron chi connectivity index (χ4n) is 7.45. The Hall–Kier alpha value is -5.04. The van der Waals surface area contributed by atoms with E-state index in [0.717, 1.165) is 91.0 Å². The average molecular weight is 625 g/mol. The van der Waals surface area contributed by atoms with Crippen LogP contribution in [0.3, 0.4) is 0 Å². The molecule has 0 aromatic heterocycles. The Balaban J connectivity index is 1.44. The minimum Gasteiger partial charge on any atom is -0.511 e. The van der Waals surface area contributed by atoms with Crippen LogP contribution in [0, 0.1) is 11.8 Å². The van der Waals surface area contributed by atoms with Crippen LogP contribution in [0.2, 0.25) is 0 Å². The summed E-state index contributed by atoms with van der Waals surface area (Å²) < 4.78 is 5.01. The van der Waals surface area contributed by atoms with Gasteiger partial charge >= 0.3 is 5.97 Å².